The molecule has 37 heavy (non-hydrogen) atoms. The number of benzene rings is 1. The van der Waals surface area contributed by atoms with Crippen LogP contribution in [0.25, 0.3) is 17.0 Å². The predicted octanol–water partition coefficient (Wildman–Crippen LogP) is 4.45. The molecule has 2 aromatic rings. The SMILES string of the molecule is CCN(CC)C(=O)CC(NC(=O)[C@@H](OC(=O)n1c2c(c3ccccc31)C=CCC2C)C(C)C)C(=O)CF. The molecule has 1 aliphatic rings. The number of carbonyl (C=O) groups excluding carboxylic acids is 4. The Bertz CT molecular complexity index is 1200. The Hall–Kier alpha value is -3.49. The molecule has 0 saturated heterocycles. The number of hydrogen-bond donors (Lipinski definition) is 1. The standard InChI is InChI=1S/C28H36FN3O5/c1-6-31(7-2)24(34)15-21(23(33)16-29)30-27(35)26(17(3)4)37-28(36)32-22-14-9-8-12-19(22)20-13-10-11-18(5)25(20)32/h8-10,12-14,17-18,21,26H,6-7,11,15-16H2,1-5H3,(H,30,35)/t18?,21?,26-/m0/s1. The number of carbonyl (C=O) groups is 4. The summed E-state index contributed by atoms with van der Waals surface area (Å²) in [5.74, 6) is -2.42. The number of nitrogens with zero attached hydrogens (tertiary/aromatic N) is 2. The summed E-state index contributed by atoms with van der Waals surface area (Å²) in [4.78, 5) is 53.0. The van der Waals surface area contributed by atoms with Gasteiger partial charge in [0.1, 0.15) is 6.67 Å². The molecule has 1 aliphatic carbocycles. The second-order valence-electron chi connectivity index (χ2n) is 9.67. The minimum atomic E-state index is -1.35. The van der Waals surface area contributed by atoms with Crippen LogP contribution in [0.4, 0.5) is 9.18 Å². The van der Waals surface area contributed by atoms with Gasteiger partial charge in [-0.3, -0.25) is 14.4 Å². The van der Waals surface area contributed by atoms with Crippen LogP contribution >= 0.6 is 0 Å². The van der Waals surface area contributed by atoms with Crippen LogP contribution in [0.5, 0.6) is 0 Å². The fraction of sp³-hybridized carbons (Fsp3) is 0.500. The van der Waals surface area contributed by atoms with E-state index in [1.165, 1.54) is 9.47 Å². The number of para-hydroxylation sites is 1. The summed E-state index contributed by atoms with van der Waals surface area (Å²) >= 11 is 0. The van der Waals surface area contributed by atoms with Crippen molar-refractivity contribution in [3.8, 4) is 0 Å². The van der Waals surface area contributed by atoms with Crippen LogP contribution in [0.1, 0.15) is 64.6 Å². The Kier molecular flexibility index (Phi) is 9.23. The molecule has 0 saturated carbocycles. The number of ketones is 1. The summed E-state index contributed by atoms with van der Waals surface area (Å²) in [5.41, 5.74) is 2.43. The Morgan fingerprint density at radius 1 is 1.16 bits per heavy atom. The van der Waals surface area contributed by atoms with E-state index in [-0.39, 0.29) is 18.2 Å². The molecular formula is C28H36FN3O5. The van der Waals surface area contributed by atoms with Gasteiger partial charge in [-0.2, -0.15) is 0 Å². The molecule has 200 valence electrons. The Morgan fingerprint density at radius 3 is 2.46 bits per heavy atom. The molecule has 8 nitrogen and oxygen atoms in total. The molecule has 9 heteroatoms. The molecule has 1 heterocycles. The number of hydrogen-bond acceptors (Lipinski definition) is 5. The fourth-order valence-corrected chi connectivity index (χ4v) is 4.77. The molecule has 0 radical (unpaired) electrons. The van der Waals surface area contributed by atoms with Crippen molar-refractivity contribution in [3.05, 3.63) is 41.6 Å². The van der Waals surface area contributed by atoms with Crippen LogP contribution < -0.4 is 5.32 Å². The molecule has 3 rings (SSSR count). The summed E-state index contributed by atoms with van der Waals surface area (Å²) in [6.45, 7) is 8.55. The third kappa shape index (κ3) is 5.92. The number of halogens is 1. The van der Waals surface area contributed by atoms with Crippen LogP contribution in [0, 0.1) is 5.92 Å². The second kappa shape index (κ2) is 12.2. The van der Waals surface area contributed by atoms with Gasteiger partial charge in [-0.15, -0.1) is 0 Å². The van der Waals surface area contributed by atoms with Crippen molar-refractivity contribution in [2.45, 2.75) is 65.5 Å². The highest BCUT2D eigenvalue weighted by atomic mass is 19.1. The third-order valence-corrected chi connectivity index (χ3v) is 6.80. The number of Topliss-reactive ketones (excluding diaryl/α,β-unsaturated/α-hetero) is 1. The Morgan fingerprint density at radius 2 is 1.84 bits per heavy atom. The van der Waals surface area contributed by atoms with Gasteiger partial charge >= 0.3 is 6.09 Å². The molecule has 1 N–H and O–H groups in total. The summed E-state index contributed by atoms with van der Waals surface area (Å²) in [5, 5.41) is 3.38. The first kappa shape index (κ1) is 28.1. The topological polar surface area (TPSA) is 97.7 Å². The van der Waals surface area contributed by atoms with Crippen molar-refractivity contribution in [2.24, 2.45) is 5.92 Å². The van der Waals surface area contributed by atoms with E-state index in [4.69, 9.17) is 4.74 Å². The van der Waals surface area contributed by atoms with Crippen LogP contribution in [0.3, 0.4) is 0 Å². The number of alkyl halides is 1. The van der Waals surface area contributed by atoms with Gasteiger partial charge in [-0.05, 0) is 32.3 Å². The van der Waals surface area contributed by atoms with E-state index in [1.54, 1.807) is 27.7 Å². The number of fused-ring (bicyclic) bond motifs is 3. The van der Waals surface area contributed by atoms with Gasteiger partial charge in [0, 0.05) is 35.7 Å². The third-order valence-electron chi connectivity index (χ3n) is 6.80. The van der Waals surface area contributed by atoms with Gasteiger partial charge in [0.25, 0.3) is 5.91 Å². The maximum atomic E-state index is 13.5. The second-order valence-corrected chi connectivity index (χ2v) is 9.67. The quantitative estimate of drug-likeness (QED) is 0.506. The zero-order valence-corrected chi connectivity index (χ0v) is 22.1. The van der Waals surface area contributed by atoms with Crippen molar-refractivity contribution in [2.75, 3.05) is 19.8 Å². The van der Waals surface area contributed by atoms with Gasteiger partial charge in [-0.1, -0.05) is 51.1 Å². The van der Waals surface area contributed by atoms with E-state index in [1.807, 2.05) is 37.3 Å². The summed E-state index contributed by atoms with van der Waals surface area (Å²) in [6.07, 6.45) is 2.50. The normalized spacial score (nSPS) is 16.2. The summed E-state index contributed by atoms with van der Waals surface area (Å²) < 4.78 is 20.5. The van der Waals surface area contributed by atoms with Crippen molar-refractivity contribution in [1.29, 1.82) is 0 Å². The lowest BCUT2D eigenvalue weighted by molar-refractivity contribution is -0.138. The van der Waals surface area contributed by atoms with E-state index in [0.29, 0.717) is 18.6 Å². The van der Waals surface area contributed by atoms with Crippen molar-refractivity contribution in [3.63, 3.8) is 0 Å². The lowest BCUT2D eigenvalue weighted by Crippen LogP contribution is -2.51. The highest BCUT2D eigenvalue weighted by Crippen LogP contribution is 2.37. The largest absolute Gasteiger partial charge is 0.435 e. The van der Waals surface area contributed by atoms with Gasteiger partial charge in [0.15, 0.2) is 11.9 Å². The zero-order chi connectivity index (χ0) is 27.3. The average molecular weight is 514 g/mol. The van der Waals surface area contributed by atoms with Gasteiger partial charge in [0.2, 0.25) is 5.91 Å². The van der Waals surface area contributed by atoms with E-state index in [9.17, 15) is 23.6 Å². The average Bonchev–Trinajstić information content (AvgIpc) is 3.22. The molecule has 0 spiro atoms. The van der Waals surface area contributed by atoms with E-state index in [0.717, 1.165) is 23.1 Å². The Labute approximate surface area is 216 Å². The number of rotatable bonds is 10. The maximum absolute atomic E-state index is 13.5. The monoisotopic (exact) mass is 513 g/mol. The fourth-order valence-electron chi connectivity index (χ4n) is 4.77. The molecule has 0 aliphatic heterocycles. The van der Waals surface area contributed by atoms with Crippen LogP contribution in [0.15, 0.2) is 30.3 Å². The van der Waals surface area contributed by atoms with E-state index in [2.05, 4.69) is 11.4 Å². The first-order chi connectivity index (χ1) is 17.6. The van der Waals surface area contributed by atoms with Gasteiger partial charge in [0.05, 0.1) is 18.0 Å². The number of nitrogens with one attached hydrogen (secondary N) is 1. The van der Waals surface area contributed by atoms with Crippen molar-refractivity contribution in [1.82, 2.24) is 14.8 Å². The Balaban J connectivity index is 1.87. The van der Waals surface area contributed by atoms with Crippen molar-refractivity contribution >= 4 is 40.7 Å². The highest BCUT2D eigenvalue weighted by Gasteiger charge is 2.34. The molecule has 2 amide bonds. The predicted molar refractivity (Wildman–Crippen MR) is 140 cm³/mol. The number of amides is 2. The molecule has 1 aromatic carbocycles. The number of ether oxygens (including phenoxy) is 1. The molecule has 0 bridgehead atoms. The molecule has 0 fully saturated rings. The van der Waals surface area contributed by atoms with Crippen LogP contribution in [0.2, 0.25) is 0 Å². The van der Waals surface area contributed by atoms with E-state index >= 15 is 0 Å². The lowest BCUT2D eigenvalue weighted by atomic mass is 9.93. The van der Waals surface area contributed by atoms with Gasteiger partial charge in [-0.25, -0.2) is 13.8 Å². The van der Waals surface area contributed by atoms with Crippen LogP contribution in [-0.4, -0.2) is 65.1 Å². The summed E-state index contributed by atoms with van der Waals surface area (Å²) in [7, 11) is 0. The van der Waals surface area contributed by atoms with Gasteiger partial charge < -0.3 is 15.0 Å². The minimum Gasteiger partial charge on any atom is -0.435 e. The maximum Gasteiger partial charge on any atom is 0.419 e. The van der Waals surface area contributed by atoms with E-state index < -0.39 is 42.5 Å². The molecule has 1 aromatic heterocycles. The molecule has 2 unspecified atom stereocenters. The highest BCUT2D eigenvalue weighted by molar-refractivity contribution is 5.99. The molecule has 3 atom stereocenters. The first-order valence-electron chi connectivity index (χ1n) is 12.8. The van der Waals surface area contributed by atoms with Crippen molar-refractivity contribution < 1.29 is 28.3 Å². The smallest absolute Gasteiger partial charge is 0.419 e. The first-order valence-corrected chi connectivity index (χ1v) is 12.8. The molecular weight excluding hydrogens is 477 g/mol. The summed E-state index contributed by atoms with van der Waals surface area (Å²) in [6, 6.07) is 6.15. The lowest BCUT2D eigenvalue weighted by Gasteiger charge is -2.26. The number of allylic oxidation sites excluding steroid dienone is 1. The number of aromatic nitrogens is 1. The minimum absolute atomic E-state index is 0.0592. The zero-order valence-electron chi connectivity index (χ0n) is 22.1. The van der Waals surface area contributed by atoms with Crippen LogP contribution in [-0.2, 0) is 19.1 Å².